The minimum Gasteiger partial charge on any atom is -0.242 e. The van der Waals surface area contributed by atoms with Gasteiger partial charge in [0.2, 0.25) is 0 Å². The first-order valence-corrected chi connectivity index (χ1v) is 8.01. The fourth-order valence-electron chi connectivity index (χ4n) is 3.65. The zero-order chi connectivity index (χ0) is 14.7. The van der Waals surface area contributed by atoms with Gasteiger partial charge in [-0.05, 0) is 54.9 Å². The van der Waals surface area contributed by atoms with Crippen LogP contribution >= 0.6 is 0 Å². The second-order valence-corrected chi connectivity index (χ2v) is 6.20. The Morgan fingerprint density at radius 1 is 0.810 bits per heavy atom. The van der Waals surface area contributed by atoms with E-state index in [0.29, 0.717) is 11.8 Å². The van der Waals surface area contributed by atoms with E-state index in [9.17, 15) is 0 Å². The van der Waals surface area contributed by atoms with Gasteiger partial charge in [0.15, 0.2) is 0 Å². The minimum atomic E-state index is 0.517. The molecule has 2 aromatic carbocycles. The molecule has 0 saturated carbocycles. The zero-order valence-electron chi connectivity index (χ0n) is 13.0. The van der Waals surface area contributed by atoms with Crippen molar-refractivity contribution in [1.82, 2.24) is 5.32 Å². The lowest BCUT2D eigenvalue weighted by molar-refractivity contribution is 0.337. The first-order valence-electron chi connectivity index (χ1n) is 8.01. The van der Waals surface area contributed by atoms with Crippen molar-refractivity contribution in [1.29, 1.82) is 0 Å². The molecule has 1 fully saturated rings. The van der Waals surface area contributed by atoms with Crippen molar-refractivity contribution in [3.63, 3.8) is 0 Å². The van der Waals surface area contributed by atoms with E-state index < -0.39 is 0 Å². The molecule has 0 unspecified atom stereocenters. The average molecular weight is 278 g/mol. The van der Waals surface area contributed by atoms with Gasteiger partial charge in [-0.25, -0.2) is 5.32 Å². The normalized spacial score (nSPS) is 16.3. The van der Waals surface area contributed by atoms with Crippen LogP contribution in [-0.4, -0.2) is 13.1 Å². The van der Waals surface area contributed by atoms with Crippen LogP contribution in [-0.2, 0) is 0 Å². The van der Waals surface area contributed by atoms with E-state index in [-0.39, 0.29) is 0 Å². The Kier molecular flexibility index (Phi) is 4.40. The van der Waals surface area contributed by atoms with Crippen LogP contribution in [0.5, 0.6) is 0 Å². The average Bonchev–Trinajstić information content (AvgIpc) is 2.52. The van der Waals surface area contributed by atoms with Crippen LogP contribution in [0.3, 0.4) is 0 Å². The molecule has 1 heterocycles. The van der Waals surface area contributed by atoms with Gasteiger partial charge in [0, 0.05) is 19.0 Å². The Hall–Kier alpha value is -1.60. The molecule has 1 nitrogen and oxygen atoms in total. The van der Waals surface area contributed by atoms with Gasteiger partial charge in [-0.15, -0.1) is 0 Å². The third-order valence-electron chi connectivity index (χ3n) is 4.83. The number of benzene rings is 2. The van der Waals surface area contributed by atoms with Gasteiger partial charge in [-0.3, -0.25) is 0 Å². The van der Waals surface area contributed by atoms with Gasteiger partial charge in [-0.1, -0.05) is 48.5 Å². The molecule has 0 N–H and O–H groups in total. The summed E-state index contributed by atoms with van der Waals surface area (Å²) in [6, 6.07) is 17.8. The summed E-state index contributed by atoms with van der Waals surface area (Å²) < 4.78 is 0. The van der Waals surface area contributed by atoms with Gasteiger partial charge >= 0.3 is 0 Å². The topological polar surface area (TPSA) is 14.1 Å². The van der Waals surface area contributed by atoms with Crippen molar-refractivity contribution in [3.8, 4) is 0 Å². The quantitative estimate of drug-likeness (QED) is 0.787. The predicted octanol–water partition coefficient (Wildman–Crippen LogP) is 4.45. The Bertz CT molecular complexity index is 551. The fraction of sp³-hybridized carbons (Fsp3) is 0.400. The molecule has 1 aliphatic heterocycles. The molecule has 1 heteroatoms. The maximum absolute atomic E-state index is 4.54. The molecule has 0 bridgehead atoms. The van der Waals surface area contributed by atoms with E-state index in [1.165, 1.54) is 35.1 Å². The monoisotopic (exact) mass is 278 g/mol. The van der Waals surface area contributed by atoms with Crippen molar-refractivity contribution in [3.05, 3.63) is 70.8 Å². The summed E-state index contributed by atoms with van der Waals surface area (Å²) in [5, 5.41) is 4.54. The van der Waals surface area contributed by atoms with Gasteiger partial charge in [0.25, 0.3) is 0 Å². The first-order chi connectivity index (χ1) is 10.3. The number of hydrogen-bond donors (Lipinski definition) is 0. The molecular weight excluding hydrogens is 254 g/mol. The number of nitrogens with zero attached hydrogens (tertiary/aromatic N) is 1. The second-order valence-electron chi connectivity index (χ2n) is 6.20. The summed E-state index contributed by atoms with van der Waals surface area (Å²) in [7, 11) is 0. The Morgan fingerprint density at radius 2 is 1.29 bits per heavy atom. The lowest BCUT2D eigenvalue weighted by atomic mass is 9.74. The van der Waals surface area contributed by atoms with Gasteiger partial charge in [0.1, 0.15) is 0 Å². The number of hydrogen-bond acceptors (Lipinski definition) is 0. The van der Waals surface area contributed by atoms with E-state index in [1.54, 1.807) is 0 Å². The summed E-state index contributed by atoms with van der Waals surface area (Å²) in [6.07, 6.45) is 2.43. The summed E-state index contributed by atoms with van der Waals surface area (Å²) >= 11 is 0. The van der Waals surface area contributed by atoms with Crippen LogP contribution in [0.1, 0.15) is 41.0 Å². The zero-order valence-corrected chi connectivity index (χ0v) is 13.0. The highest BCUT2D eigenvalue weighted by Gasteiger charge is 2.28. The lowest BCUT2D eigenvalue weighted by Crippen LogP contribution is -2.28. The van der Waals surface area contributed by atoms with Crippen molar-refractivity contribution in [2.75, 3.05) is 13.1 Å². The van der Waals surface area contributed by atoms with Gasteiger partial charge in [0.05, 0.1) is 0 Å². The highest BCUT2D eigenvalue weighted by molar-refractivity contribution is 5.41. The maximum Gasteiger partial charge on any atom is 0.0136 e. The number of rotatable bonds is 3. The summed E-state index contributed by atoms with van der Waals surface area (Å²) in [5.41, 5.74) is 5.82. The fourth-order valence-corrected chi connectivity index (χ4v) is 3.65. The van der Waals surface area contributed by atoms with E-state index >= 15 is 0 Å². The number of aryl methyl sites for hydroxylation is 2. The van der Waals surface area contributed by atoms with Crippen molar-refractivity contribution < 1.29 is 0 Å². The molecule has 0 aromatic heterocycles. The highest BCUT2D eigenvalue weighted by atomic mass is 14.9. The van der Waals surface area contributed by atoms with E-state index in [0.717, 1.165) is 13.1 Å². The summed E-state index contributed by atoms with van der Waals surface area (Å²) in [4.78, 5) is 0. The van der Waals surface area contributed by atoms with E-state index in [1.807, 2.05) is 0 Å². The largest absolute Gasteiger partial charge is 0.242 e. The van der Waals surface area contributed by atoms with Crippen LogP contribution in [0.25, 0.3) is 0 Å². The van der Waals surface area contributed by atoms with Crippen molar-refractivity contribution in [2.45, 2.75) is 32.6 Å². The third-order valence-corrected chi connectivity index (χ3v) is 4.83. The molecular formula is C20H24N. The Morgan fingerprint density at radius 3 is 1.76 bits per heavy atom. The smallest absolute Gasteiger partial charge is 0.0136 e. The van der Waals surface area contributed by atoms with Crippen molar-refractivity contribution in [2.24, 2.45) is 5.92 Å². The third kappa shape index (κ3) is 3.03. The minimum absolute atomic E-state index is 0.517. The lowest BCUT2D eigenvalue weighted by Gasteiger charge is -2.32. The molecule has 1 radical (unpaired) electrons. The van der Waals surface area contributed by atoms with Crippen molar-refractivity contribution >= 4 is 0 Å². The van der Waals surface area contributed by atoms with E-state index in [4.69, 9.17) is 0 Å². The highest BCUT2D eigenvalue weighted by Crippen LogP contribution is 2.39. The number of piperidine rings is 1. The second kappa shape index (κ2) is 6.44. The molecule has 1 aliphatic rings. The molecule has 1 saturated heterocycles. The summed E-state index contributed by atoms with van der Waals surface area (Å²) in [6.45, 7) is 6.54. The molecule has 3 rings (SSSR count). The van der Waals surface area contributed by atoms with Crippen LogP contribution in [0.4, 0.5) is 0 Å². The first kappa shape index (κ1) is 14.3. The maximum atomic E-state index is 4.54. The molecule has 0 amide bonds. The Labute approximate surface area is 128 Å². The SMILES string of the molecule is Cc1ccccc1C(c1ccccc1C)C1CC[N]CC1. The van der Waals surface area contributed by atoms with Crippen LogP contribution < -0.4 is 5.32 Å². The molecule has 2 aromatic rings. The molecule has 0 aliphatic carbocycles. The standard InChI is InChI=1S/C20H24N/c1-15-7-3-5-9-18(15)20(17-11-13-21-14-12-17)19-10-6-4-8-16(19)2/h3-10,17,20H,11-14H2,1-2H3. The van der Waals surface area contributed by atoms with E-state index in [2.05, 4.69) is 67.7 Å². The summed E-state index contributed by atoms with van der Waals surface area (Å²) in [5.74, 6) is 1.23. The predicted molar refractivity (Wildman–Crippen MR) is 88.8 cm³/mol. The van der Waals surface area contributed by atoms with Crippen LogP contribution in [0, 0.1) is 19.8 Å². The Balaban J connectivity index is 2.07. The van der Waals surface area contributed by atoms with Crippen LogP contribution in [0.2, 0.25) is 0 Å². The molecule has 21 heavy (non-hydrogen) atoms. The van der Waals surface area contributed by atoms with Crippen LogP contribution in [0.15, 0.2) is 48.5 Å². The van der Waals surface area contributed by atoms with Gasteiger partial charge in [-0.2, -0.15) is 0 Å². The van der Waals surface area contributed by atoms with Gasteiger partial charge < -0.3 is 0 Å². The molecule has 0 atom stereocenters. The molecule has 0 spiro atoms. The molecule has 109 valence electrons.